The predicted octanol–water partition coefficient (Wildman–Crippen LogP) is 2.55. The summed E-state index contributed by atoms with van der Waals surface area (Å²) in [5, 5.41) is 7.79. The summed E-state index contributed by atoms with van der Waals surface area (Å²) in [6.45, 7) is 5.15. The van der Waals surface area contributed by atoms with Crippen LogP contribution in [-0.4, -0.2) is 16.5 Å². The Balaban J connectivity index is 2.35. The lowest BCUT2D eigenvalue weighted by atomic mass is 10.0. The Hall–Kier alpha value is -1.26. The van der Waals surface area contributed by atoms with Crippen LogP contribution in [0.25, 0.3) is 0 Å². The van der Waals surface area contributed by atoms with E-state index < -0.39 is 0 Å². The zero-order valence-electron chi connectivity index (χ0n) is 9.47. The highest BCUT2D eigenvalue weighted by Gasteiger charge is 2.16. The van der Waals surface area contributed by atoms with Crippen LogP contribution in [0.5, 0.6) is 0 Å². The average molecular weight is 233 g/mol. The van der Waals surface area contributed by atoms with Crippen molar-refractivity contribution in [1.82, 2.24) is 15.3 Å². The fourth-order valence-electron chi connectivity index (χ4n) is 1.70. The van der Waals surface area contributed by atoms with Gasteiger partial charge < -0.3 is 5.32 Å². The maximum absolute atomic E-state index is 4.37. The van der Waals surface area contributed by atoms with E-state index in [1.54, 1.807) is 23.7 Å². The molecule has 3 nitrogen and oxygen atoms in total. The van der Waals surface area contributed by atoms with E-state index in [1.807, 2.05) is 6.20 Å². The van der Waals surface area contributed by atoms with E-state index in [9.17, 15) is 0 Å². The van der Waals surface area contributed by atoms with Crippen molar-refractivity contribution in [3.05, 3.63) is 46.2 Å². The van der Waals surface area contributed by atoms with Crippen LogP contribution in [0.3, 0.4) is 0 Å². The number of aromatic nitrogens is 2. The van der Waals surface area contributed by atoms with Gasteiger partial charge in [-0.25, -0.2) is 0 Å². The van der Waals surface area contributed by atoms with Crippen LogP contribution in [0.15, 0.2) is 29.4 Å². The maximum Gasteiger partial charge on any atom is 0.0801 e. The average Bonchev–Trinajstić information content (AvgIpc) is 2.73. The van der Waals surface area contributed by atoms with Gasteiger partial charge in [0.25, 0.3) is 0 Å². The molecule has 0 bridgehead atoms. The Labute approximate surface area is 99.6 Å². The molecule has 0 saturated carbocycles. The summed E-state index contributed by atoms with van der Waals surface area (Å²) >= 11 is 1.73. The Morgan fingerprint density at radius 3 is 2.81 bits per heavy atom. The van der Waals surface area contributed by atoms with E-state index >= 15 is 0 Å². The van der Waals surface area contributed by atoms with Crippen molar-refractivity contribution < 1.29 is 0 Å². The number of nitrogens with zero attached hydrogens (tertiary/aromatic N) is 2. The second kappa shape index (κ2) is 5.18. The summed E-state index contributed by atoms with van der Waals surface area (Å²) in [6.07, 6.45) is 5.26. The molecule has 0 aliphatic carbocycles. The van der Waals surface area contributed by atoms with E-state index in [1.165, 1.54) is 11.1 Å². The fourth-order valence-corrected chi connectivity index (χ4v) is 2.58. The van der Waals surface area contributed by atoms with Crippen molar-refractivity contribution >= 4 is 11.3 Å². The molecular weight excluding hydrogens is 218 g/mol. The zero-order valence-corrected chi connectivity index (χ0v) is 10.3. The molecule has 2 rings (SSSR count). The van der Waals surface area contributed by atoms with Crippen LogP contribution < -0.4 is 5.32 Å². The lowest BCUT2D eigenvalue weighted by Crippen LogP contribution is -2.23. The summed E-state index contributed by atoms with van der Waals surface area (Å²) in [7, 11) is 0. The van der Waals surface area contributed by atoms with Gasteiger partial charge in [0.05, 0.1) is 17.9 Å². The van der Waals surface area contributed by atoms with Gasteiger partial charge in [-0.05, 0) is 35.4 Å². The van der Waals surface area contributed by atoms with Crippen LogP contribution >= 0.6 is 11.3 Å². The molecule has 2 aromatic heterocycles. The van der Waals surface area contributed by atoms with Crippen LogP contribution in [0, 0.1) is 6.92 Å². The van der Waals surface area contributed by atoms with E-state index in [-0.39, 0.29) is 6.04 Å². The molecule has 16 heavy (non-hydrogen) atoms. The molecule has 1 atom stereocenters. The molecule has 2 aromatic rings. The number of thiophene rings is 1. The minimum atomic E-state index is 0.157. The highest BCUT2D eigenvalue weighted by molar-refractivity contribution is 7.08. The second-order valence-electron chi connectivity index (χ2n) is 3.63. The van der Waals surface area contributed by atoms with E-state index in [0.29, 0.717) is 0 Å². The number of rotatable bonds is 4. The first kappa shape index (κ1) is 11.2. The Morgan fingerprint density at radius 1 is 1.38 bits per heavy atom. The molecule has 0 spiro atoms. The molecule has 0 fully saturated rings. The second-order valence-corrected chi connectivity index (χ2v) is 4.37. The van der Waals surface area contributed by atoms with Crippen molar-refractivity contribution in [3.63, 3.8) is 0 Å². The Bertz CT molecular complexity index is 439. The quantitative estimate of drug-likeness (QED) is 0.882. The van der Waals surface area contributed by atoms with Gasteiger partial charge in [-0.2, -0.15) is 11.3 Å². The molecule has 2 heterocycles. The molecule has 0 aliphatic heterocycles. The lowest BCUT2D eigenvalue weighted by Gasteiger charge is -2.16. The van der Waals surface area contributed by atoms with Gasteiger partial charge >= 0.3 is 0 Å². The summed E-state index contributed by atoms with van der Waals surface area (Å²) in [5.74, 6) is 0. The van der Waals surface area contributed by atoms with Crippen LogP contribution in [-0.2, 0) is 0 Å². The standard InChI is InChI=1S/C12H15N3S/c1-3-14-12(10-8-16-7-9(10)2)11-6-13-4-5-15-11/h4-8,12,14H,3H2,1-2H3. The predicted molar refractivity (Wildman–Crippen MR) is 66.6 cm³/mol. The van der Waals surface area contributed by atoms with Gasteiger partial charge in [-0.15, -0.1) is 0 Å². The molecule has 0 saturated heterocycles. The molecular formula is C12H15N3S. The van der Waals surface area contributed by atoms with Gasteiger partial charge in [0.15, 0.2) is 0 Å². The smallest absolute Gasteiger partial charge is 0.0801 e. The van der Waals surface area contributed by atoms with Crippen molar-refractivity contribution in [2.24, 2.45) is 0 Å². The molecule has 4 heteroatoms. The molecule has 0 radical (unpaired) electrons. The van der Waals surface area contributed by atoms with E-state index in [0.717, 1.165) is 12.2 Å². The number of hydrogen-bond acceptors (Lipinski definition) is 4. The molecule has 0 aromatic carbocycles. The highest BCUT2D eigenvalue weighted by Crippen LogP contribution is 2.25. The third kappa shape index (κ3) is 2.28. The SMILES string of the molecule is CCNC(c1cnccn1)c1cscc1C. The van der Waals surface area contributed by atoms with Gasteiger partial charge in [0.2, 0.25) is 0 Å². The number of hydrogen-bond donors (Lipinski definition) is 1. The molecule has 0 amide bonds. The summed E-state index contributed by atoms with van der Waals surface area (Å²) < 4.78 is 0. The molecule has 0 aliphatic rings. The van der Waals surface area contributed by atoms with Crippen LogP contribution in [0.2, 0.25) is 0 Å². The third-order valence-corrected chi connectivity index (χ3v) is 3.37. The number of nitrogens with one attached hydrogen (secondary N) is 1. The van der Waals surface area contributed by atoms with Crippen LogP contribution in [0.1, 0.15) is 29.8 Å². The first-order valence-corrected chi connectivity index (χ1v) is 6.29. The van der Waals surface area contributed by atoms with E-state index in [2.05, 4.69) is 39.9 Å². The Kier molecular flexibility index (Phi) is 3.64. The van der Waals surface area contributed by atoms with E-state index in [4.69, 9.17) is 0 Å². The van der Waals surface area contributed by atoms with Crippen LogP contribution in [0.4, 0.5) is 0 Å². The topological polar surface area (TPSA) is 37.8 Å². The fraction of sp³-hybridized carbons (Fsp3) is 0.333. The van der Waals surface area contributed by atoms with Gasteiger partial charge in [-0.3, -0.25) is 9.97 Å². The first-order valence-electron chi connectivity index (χ1n) is 5.35. The minimum absolute atomic E-state index is 0.157. The van der Waals surface area contributed by atoms with Crippen molar-refractivity contribution in [1.29, 1.82) is 0 Å². The molecule has 1 unspecified atom stereocenters. The number of aryl methyl sites for hydroxylation is 1. The lowest BCUT2D eigenvalue weighted by molar-refractivity contribution is 0.612. The van der Waals surface area contributed by atoms with Crippen molar-refractivity contribution in [3.8, 4) is 0 Å². The monoisotopic (exact) mass is 233 g/mol. The summed E-state index contributed by atoms with van der Waals surface area (Å²) in [5.41, 5.74) is 3.58. The third-order valence-electron chi connectivity index (χ3n) is 2.49. The van der Waals surface area contributed by atoms with Gasteiger partial charge in [0.1, 0.15) is 0 Å². The first-order chi connectivity index (χ1) is 7.83. The van der Waals surface area contributed by atoms with Gasteiger partial charge in [0, 0.05) is 12.4 Å². The van der Waals surface area contributed by atoms with Crippen molar-refractivity contribution in [2.75, 3.05) is 6.54 Å². The largest absolute Gasteiger partial charge is 0.305 e. The normalized spacial score (nSPS) is 12.6. The minimum Gasteiger partial charge on any atom is -0.305 e. The Morgan fingerprint density at radius 2 is 2.25 bits per heavy atom. The maximum atomic E-state index is 4.37. The van der Waals surface area contributed by atoms with Crippen molar-refractivity contribution in [2.45, 2.75) is 19.9 Å². The summed E-state index contributed by atoms with van der Waals surface area (Å²) in [4.78, 5) is 8.50. The highest BCUT2D eigenvalue weighted by atomic mass is 32.1. The van der Waals surface area contributed by atoms with Gasteiger partial charge in [-0.1, -0.05) is 6.92 Å². The zero-order chi connectivity index (χ0) is 11.4. The molecule has 1 N–H and O–H groups in total. The molecule has 84 valence electrons. The summed E-state index contributed by atoms with van der Waals surface area (Å²) in [6, 6.07) is 0.157.